The third-order valence-electron chi connectivity index (χ3n) is 1.87. The second-order valence-electron chi connectivity index (χ2n) is 3.29. The fourth-order valence-corrected chi connectivity index (χ4v) is 1.44. The van der Waals surface area contributed by atoms with Gasteiger partial charge in [0.15, 0.2) is 0 Å². The molecule has 0 amide bonds. The number of hydrogen-bond acceptors (Lipinski definition) is 6. The lowest BCUT2D eigenvalue weighted by molar-refractivity contribution is 0.321. The van der Waals surface area contributed by atoms with E-state index in [-0.39, 0.29) is 0 Å². The molecule has 6 nitrogen and oxygen atoms in total. The third-order valence-corrected chi connectivity index (χ3v) is 2.34. The van der Waals surface area contributed by atoms with Crippen molar-refractivity contribution in [1.82, 2.24) is 9.97 Å². The maximum absolute atomic E-state index is 8.10. The minimum atomic E-state index is 0.537. The highest BCUT2D eigenvalue weighted by molar-refractivity contribution is 6.31. The second kappa shape index (κ2) is 8.84. The maximum Gasteiger partial charge on any atom is 0.0918 e. The molecule has 0 aliphatic heterocycles. The van der Waals surface area contributed by atoms with E-state index >= 15 is 0 Å². The average Bonchev–Trinajstić information content (AvgIpc) is 2.40. The van der Waals surface area contributed by atoms with E-state index in [2.05, 4.69) is 20.3 Å². The lowest BCUT2D eigenvalue weighted by Crippen LogP contribution is -1.84. The monoisotopic (exact) mass is 312 g/mol. The first-order valence-corrected chi connectivity index (χ1v) is 5.99. The lowest BCUT2D eigenvalue weighted by Gasteiger charge is -1.89. The summed E-state index contributed by atoms with van der Waals surface area (Å²) in [5.41, 5.74) is 1.07. The molecule has 2 heterocycles. The minimum Gasteiger partial charge on any atom is -0.411 e. The molecule has 0 aromatic carbocycles. The van der Waals surface area contributed by atoms with Crippen LogP contribution in [0.5, 0.6) is 0 Å². The summed E-state index contributed by atoms with van der Waals surface area (Å²) < 4.78 is 0. The summed E-state index contributed by atoms with van der Waals surface area (Å²) in [6.07, 6.45) is 5.51. The molecule has 8 heteroatoms. The van der Waals surface area contributed by atoms with Crippen LogP contribution in [0.25, 0.3) is 0 Å². The molecule has 2 aromatic heterocycles. The fraction of sp³-hybridized carbons (Fsp3) is 0. The van der Waals surface area contributed by atoms with Gasteiger partial charge in [-0.15, -0.1) is 0 Å². The Balaban J connectivity index is 0.000000200. The smallest absolute Gasteiger partial charge is 0.0918 e. The Hall–Kier alpha value is -2.18. The van der Waals surface area contributed by atoms with Crippen LogP contribution >= 0.6 is 23.2 Å². The molecule has 0 spiro atoms. The van der Waals surface area contributed by atoms with E-state index in [1.54, 1.807) is 36.7 Å². The number of oxime groups is 2. The Labute approximate surface area is 125 Å². The van der Waals surface area contributed by atoms with Gasteiger partial charge < -0.3 is 10.4 Å². The number of pyridine rings is 2. The standard InChI is InChI=1S/2C6H5ClN2O/c2*7-5-1-2-8-6(3-5)4-9-10/h2*1-4,10H. The first-order valence-electron chi connectivity index (χ1n) is 5.23. The third kappa shape index (κ3) is 6.12. The summed E-state index contributed by atoms with van der Waals surface area (Å²) in [6, 6.07) is 6.50. The van der Waals surface area contributed by atoms with E-state index < -0.39 is 0 Å². The highest BCUT2D eigenvalue weighted by atomic mass is 35.5. The van der Waals surface area contributed by atoms with Gasteiger partial charge in [-0.3, -0.25) is 9.97 Å². The van der Waals surface area contributed by atoms with Crippen LogP contribution in [0.15, 0.2) is 47.0 Å². The van der Waals surface area contributed by atoms with E-state index in [1.165, 1.54) is 12.4 Å². The molecule has 0 fully saturated rings. The Bertz CT molecular complexity index is 552. The van der Waals surface area contributed by atoms with Crippen LogP contribution in [-0.2, 0) is 0 Å². The minimum absolute atomic E-state index is 0.537. The Morgan fingerprint density at radius 3 is 1.55 bits per heavy atom. The zero-order chi connectivity index (χ0) is 14.8. The summed E-state index contributed by atoms with van der Waals surface area (Å²) in [7, 11) is 0. The molecule has 104 valence electrons. The molecule has 2 N–H and O–H groups in total. The van der Waals surface area contributed by atoms with Crippen LogP contribution in [0.4, 0.5) is 0 Å². The molecule has 0 aliphatic rings. The van der Waals surface area contributed by atoms with Crippen molar-refractivity contribution >= 4 is 35.6 Å². The zero-order valence-corrected chi connectivity index (χ0v) is 11.6. The Kier molecular flexibility index (Phi) is 7.02. The van der Waals surface area contributed by atoms with Gasteiger partial charge in [0, 0.05) is 22.4 Å². The molecule has 0 saturated carbocycles. The number of halogens is 2. The van der Waals surface area contributed by atoms with E-state index in [1.807, 2.05) is 0 Å². The second-order valence-corrected chi connectivity index (χ2v) is 4.16. The molecular weight excluding hydrogens is 303 g/mol. The van der Waals surface area contributed by atoms with Crippen molar-refractivity contribution in [2.45, 2.75) is 0 Å². The van der Waals surface area contributed by atoms with Crippen molar-refractivity contribution in [1.29, 1.82) is 0 Å². The van der Waals surface area contributed by atoms with Crippen molar-refractivity contribution in [3.63, 3.8) is 0 Å². The number of nitrogens with zero attached hydrogens (tertiary/aromatic N) is 4. The van der Waals surface area contributed by atoms with Gasteiger partial charge in [-0.1, -0.05) is 33.5 Å². The number of aromatic nitrogens is 2. The van der Waals surface area contributed by atoms with Crippen molar-refractivity contribution < 1.29 is 10.4 Å². The van der Waals surface area contributed by atoms with Gasteiger partial charge in [-0.25, -0.2) is 0 Å². The van der Waals surface area contributed by atoms with Gasteiger partial charge in [0.05, 0.1) is 23.8 Å². The van der Waals surface area contributed by atoms with Gasteiger partial charge >= 0.3 is 0 Å². The predicted octanol–water partition coefficient (Wildman–Crippen LogP) is 3.09. The molecule has 0 unspecified atom stereocenters. The summed E-state index contributed by atoms with van der Waals surface area (Å²) >= 11 is 11.2. The molecule has 0 saturated heterocycles. The number of hydrogen-bond donors (Lipinski definition) is 2. The van der Waals surface area contributed by atoms with E-state index in [0.717, 1.165) is 0 Å². The zero-order valence-electron chi connectivity index (χ0n) is 10.1. The van der Waals surface area contributed by atoms with Crippen molar-refractivity contribution in [2.24, 2.45) is 10.3 Å². The summed E-state index contributed by atoms with van der Waals surface area (Å²) in [5.74, 6) is 0. The average molecular weight is 313 g/mol. The lowest BCUT2D eigenvalue weighted by atomic mass is 10.4. The normalized spacial score (nSPS) is 10.5. The van der Waals surface area contributed by atoms with Crippen LogP contribution in [0.3, 0.4) is 0 Å². The van der Waals surface area contributed by atoms with Crippen LogP contribution in [0.2, 0.25) is 10.0 Å². The molecule has 2 rings (SSSR count). The SMILES string of the molecule is ON=Cc1cc(Cl)ccn1.ON=Cc1cc(Cl)ccn1. The van der Waals surface area contributed by atoms with Crippen molar-refractivity contribution in [3.8, 4) is 0 Å². The van der Waals surface area contributed by atoms with Crippen molar-refractivity contribution in [2.75, 3.05) is 0 Å². The summed E-state index contributed by atoms with van der Waals surface area (Å²) in [4.78, 5) is 7.67. The first-order chi connectivity index (χ1) is 9.65. The molecular formula is C12H10Cl2N4O2. The maximum atomic E-state index is 8.10. The van der Waals surface area contributed by atoms with E-state index in [4.69, 9.17) is 33.6 Å². The molecule has 0 bridgehead atoms. The fourth-order valence-electron chi connectivity index (χ4n) is 1.10. The van der Waals surface area contributed by atoms with Gasteiger partial charge in [-0.05, 0) is 24.3 Å². The van der Waals surface area contributed by atoms with Crippen LogP contribution in [0, 0.1) is 0 Å². The Morgan fingerprint density at radius 1 is 0.850 bits per heavy atom. The largest absolute Gasteiger partial charge is 0.411 e. The topological polar surface area (TPSA) is 91.0 Å². The van der Waals surface area contributed by atoms with Crippen molar-refractivity contribution in [3.05, 3.63) is 58.1 Å². The first kappa shape index (κ1) is 15.9. The highest BCUT2D eigenvalue weighted by Gasteiger charge is 1.90. The van der Waals surface area contributed by atoms with Gasteiger partial charge in [-0.2, -0.15) is 0 Å². The molecule has 2 aromatic rings. The molecule has 20 heavy (non-hydrogen) atoms. The quantitative estimate of drug-likeness (QED) is 0.506. The predicted molar refractivity (Wildman–Crippen MR) is 77.3 cm³/mol. The number of rotatable bonds is 2. The summed E-state index contributed by atoms with van der Waals surface area (Å²) in [5, 5.41) is 22.9. The molecule has 0 atom stereocenters. The van der Waals surface area contributed by atoms with Crippen LogP contribution < -0.4 is 0 Å². The van der Waals surface area contributed by atoms with Gasteiger partial charge in [0.25, 0.3) is 0 Å². The summed E-state index contributed by atoms with van der Waals surface area (Å²) in [6.45, 7) is 0. The Morgan fingerprint density at radius 2 is 1.25 bits per heavy atom. The highest BCUT2D eigenvalue weighted by Crippen LogP contribution is 2.06. The van der Waals surface area contributed by atoms with E-state index in [9.17, 15) is 0 Å². The molecule has 0 radical (unpaired) electrons. The van der Waals surface area contributed by atoms with Crippen LogP contribution in [-0.4, -0.2) is 32.8 Å². The van der Waals surface area contributed by atoms with Gasteiger partial charge in [0.2, 0.25) is 0 Å². The van der Waals surface area contributed by atoms with E-state index in [0.29, 0.717) is 21.4 Å². The van der Waals surface area contributed by atoms with Crippen LogP contribution in [0.1, 0.15) is 11.4 Å². The molecule has 0 aliphatic carbocycles. The van der Waals surface area contributed by atoms with Gasteiger partial charge in [0.1, 0.15) is 0 Å².